The third kappa shape index (κ3) is 7.38. The Bertz CT molecular complexity index is 1330. The Morgan fingerprint density at radius 1 is 1.05 bits per heavy atom. The average molecular weight is 558 g/mol. The van der Waals surface area contributed by atoms with Crippen molar-refractivity contribution in [3.8, 4) is 28.4 Å². The Hall–Kier alpha value is -4.32. The van der Waals surface area contributed by atoms with Crippen molar-refractivity contribution in [3.63, 3.8) is 0 Å². The molecule has 4 N–H and O–H groups in total. The summed E-state index contributed by atoms with van der Waals surface area (Å²) < 4.78 is 21.4. The van der Waals surface area contributed by atoms with E-state index < -0.39 is 5.97 Å². The zero-order valence-electron chi connectivity index (χ0n) is 22.5. The summed E-state index contributed by atoms with van der Waals surface area (Å²) in [6.45, 7) is 3.94. The van der Waals surface area contributed by atoms with E-state index in [9.17, 15) is 4.79 Å². The normalized spacial score (nSPS) is 10.9. The van der Waals surface area contributed by atoms with E-state index in [-0.39, 0.29) is 31.5 Å². The maximum absolute atomic E-state index is 11.3. The molecule has 2 aromatic carbocycles. The third-order valence-electron chi connectivity index (χ3n) is 5.62. The van der Waals surface area contributed by atoms with Gasteiger partial charge in [0.2, 0.25) is 11.7 Å². The molecular weight excluding hydrogens is 526 g/mol. The Morgan fingerprint density at radius 3 is 2.33 bits per heavy atom. The van der Waals surface area contributed by atoms with E-state index in [0.29, 0.717) is 45.6 Å². The molecule has 0 atom stereocenters. The topological polar surface area (TPSA) is 160 Å². The largest absolute Gasteiger partial charge is 0.493 e. The summed E-state index contributed by atoms with van der Waals surface area (Å²) in [4.78, 5) is 19.7. The molecule has 12 nitrogen and oxygen atoms in total. The smallest absolute Gasteiger partial charge is 0.302 e. The number of nitrogens with zero attached hydrogens (tertiary/aromatic N) is 5. The van der Waals surface area contributed by atoms with Gasteiger partial charge in [-0.1, -0.05) is 29.8 Å². The number of rotatable bonds is 12. The number of nitrogens with two attached hydrogens (primary N) is 2. The Kier molecular flexibility index (Phi) is 10.1. The number of halogens is 1. The Labute approximate surface area is 231 Å². The molecule has 13 heteroatoms. The van der Waals surface area contributed by atoms with Gasteiger partial charge < -0.3 is 30.4 Å². The van der Waals surface area contributed by atoms with Crippen LogP contribution in [0.25, 0.3) is 11.1 Å². The van der Waals surface area contributed by atoms with E-state index in [1.165, 1.54) is 28.3 Å². The van der Waals surface area contributed by atoms with Crippen molar-refractivity contribution in [1.29, 1.82) is 0 Å². The molecule has 0 aliphatic carbocycles. The number of ether oxygens (including phenoxy) is 4. The van der Waals surface area contributed by atoms with Gasteiger partial charge >= 0.3 is 5.97 Å². The van der Waals surface area contributed by atoms with Crippen LogP contribution in [0.2, 0.25) is 5.02 Å². The monoisotopic (exact) mass is 557 g/mol. The SMILES string of the molecule is CCc1nc(N)nc(N)c1-c1ccc(Cl)c(N=NN(CCOC(C)=O)Cc2cc(OC)c(OC)c(OC)c2)c1. The lowest BCUT2D eigenvalue weighted by Crippen LogP contribution is -2.22. The van der Waals surface area contributed by atoms with E-state index >= 15 is 0 Å². The number of methoxy groups -OCH3 is 3. The minimum absolute atomic E-state index is 0.103. The molecule has 0 radical (unpaired) electrons. The fourth-order valence-electron chi connectivity index (χ4n) is 3.86. The van der Waals surface area contributed by atoms with Gasteiger partial charge in [0.25, 0.3) is 0 Å². The van der Waals surface area contributed by atoms with Crippen LogP contribution in [-0.4, -0.2) is 55.4 Å². The van der Waals surface area contributed by atoms with E-state index in [0.717, 1.165) is 11.1 Å². The van der Waals surface area contributed by atoms with Crippen molar-refractivity contribution in [2.75, 3.05) is 45.9 Å². The minimum atomic E-state index is -0.398. The molecule has 0 aliphatic rings. The van der Waals surface area contributed by atoms with Gasteiger partial charge in [0.05, 0.1) is 45.1 Å². The van der Waals surface area contributed by atoms with Crippen LogP contribution < -0.4 is 25.7 Å². The highest BCUT2D eigenvalue weighted by atomic mass is 35.5. The van der Waals surface area contributed by atoms with Gasteiger partial charge in [0, 0.05) is 12.5 Å². The van der Waals surface area contributed by atoms with Crippen LogP contribution in [0.3, 0.4) is 0 Å². The van der Waals surface area contributed by atoms with Crippen LogP contribution >= 0.6 is 11.6 Å². The van der Waals surface area contributed by atoms with Gasteiger partial charge in [-0.05, 0) is 41.8 Å². The zero-order chi connectivity index (χ0) is 28.5. The molecule has 1 heterocycles. The van der Waals surface area contributed by atoms with Gasteiger partial charge in [-0.15, -0.1) is 5.11 Å². The first-order valence-corrected chi connectivity index (χ1v) is 12.4. The number of carbonyl (C=O) groups excluding carboxylic acids is 1. The second kappa shape index (κ2) is 13.5. The van der Waals surface area contributed by atoms with Gasteiger partial charge in [0.1, 0.15) is 18.1 Å². The van der Waals surface area contributed by atoms with Crippen LogP contribution in [0.5, 0.6) is 17.2 Å². The predicted octanol–water partition coefficient (Wildman–Crippen LogP) is 4.61. The summed E-state index contributed by atoms with van der Waals surface area (Å²) in [5.74, 6) is 1.43. The van der Waals surface area contributed by atoms with Crippen molar-refractivity contribution in [3.05, 3.63) is 46.6 Å². The van der Waals surface area contributed by atoms with Crippen molar-refractivity contribution in [2.24, 2.45) is 10.3 Å². The van der Waals surface area contributed by atoms with Gasteiger partial charge in [-0.25, -0.2) is 4.98 Å². The van der Waals surface area contributed by atoms with Crippen LogP contribution in [0.15, 0.2) is 40.7 Å². The van der Waals surface area contributed by atoms with Gasteiger partial charge in [-0.3, -0.25) is 9.80 Å². The lowest BCUT2D eigenvalue weighted by molar-refractivity contribution is -0.141. The van der Waals surface area contributed by atoms with Crippen molar-refractivity contribution >= 4 is 35.0 Å². The van der Waals surface area contributed by atoms with E-state index in [1.54, 1.807) is 35.3 Å². The molecule has 0 spiro atoms. The highest BCUT2D eigenvalue weighted by Crippen LogP contribution is 2.39. The Balaban J connectivity index is 1.96. The van der Waals surface area contributed by atoms with Crippen LogP contribution in [0, 0.1) is 0 Å². The van der Waals surface area contributed by atoms with E-state index in [2.05, 4.69) is 20.3 Å². The molecule has 208 valence electrons. The fourth-order valence-corrected chi connectivity index (χ4v) is 4.02. The average Bonchev–Trinajstić information content (AvgIpc) is 2.91. The molecule has 0 bridgehead atoms. The lowest BCUT2D eigenvalue weighted by atomic mass is 10.0. The molecule has 0 fully saturated rings. The number of aryl methyl sites for hydroxylation is 1. The number of aromatic nitrogens is 2. The summed E-state index contributed by atoms with van der Waals surface area (Å²) in [6.07, 6.45) is 0.602. The summed E-state index contributed by atoms with van der Waals surface area (Å²) >= 11 is 6.45. The zero-order valence-corrected chi connectivity index (χ0v) is 23.3. The quantitative estimate of drug-likeness (QED) is 0.183. The number of esters is 1. The molecular formula is C26H32ClN7O5. The highest BCUT2D eigenvalue weighted by Gasteiger charge is 2.17. The Morgan fingerprint density at radius 2 is 1.74 bits per heavy atom. The number of benzene rings is 2. The summed E-state index contributed by atoms with van der Waals surface area (Å²) in [5, 5.41) is 10.8. The van der Waals surface area contributed by atoms with Crippen molar-refractivity contribution in [2.45, 2.75) is 26.8 Å². The number of carbonyl (C=O) groups is 1. The van der Waals surface area contributed by atoms with Crippen molar-refractivity contribution in [1.82, 2.24) is 15.0 Å². The number of hydrogen-bond acceptors (Lipinski definition) is 11. The summed E-state index contributed by atoms with van der Waals surface area (Å²) in [5.41, 5.74) is 15.2. The third-order valence-corrected chi connectivity index (χ3v) is 5.94. The van der Waals surface area contributed by atoms with Crippen molar-refractivity contribution < 1.29 is 23.7 Å². The molecule has 0 aliphatic heterocycles. The highest BCUT2D eigenvalue weighted by molar-refractivity contribution is 6.33. The summed E-state index contributed by atoms with van der Waals surface area (Å²) in [6, 6.07) is 8.86. The molecule has 1 aromatic heterocycles. The maximum atomic E-state index is 11.3. The minimum Gasteiger partial charge on any atom is -0.493 e. The first-order chi connectivity index (χ1) is 18.7. The first kappa shape index (κ1) is 29.2. The second-order valence-corrected chi connectivity index (χ2v) is 8.67. The van der Waals surface area contributed by atoms with Gasteiger partial charge in [0.15, 0.2) is 11.5 Å². The molecule has 0 saturated heterocycles. The van der Waals surface area contributed by atoms with E-state index in [1.807, 2.05) is 6.92 Å². The van der Waals surface area contributed by atoms with Gasteiger partial charge in [-0.2, -0.15) is 4.98 Å². The molecule has 3 rings (SSSR count). The number of hydrogen-bond donors (Lipinski definition) is 2. The predicted molar refractivity (Wildman–Crippen MR) is 148 cm³/mol. The first-order valence-electron chi connectivity index (χ1n) is 12.0. The lowest BCUT2D eigenvalue weighted by Gasteiger charge is -2.20. The maximum Gasteiger partial charge on any atom is 0.302 e. The number of anilines is 2. The van der Waals surface area contributed by atoms with E-state index in [4.69, 9.17) is 42.0 Å². The molecule has 0 amide bonds. The number of nitrogen functional groups attached to an aromatic ring is 2. The standard InChI is InChI=1S/C26H32ClN7O5/c1-6-19-23(25(28)31-26(29)30-19)17-7-8-18(27)20(13-17)32-33-34(9-10-39-15(2)35)14-16-11-21(36-3)24(38-5)22(12-16)37-4/h7-8,11-13H,6,9-10,14H2,1-5H3,(H4,28,29,30,31). The summed E-state index contributed by atoms with van der Waals surface area (Å²) in [7, 11) is 4.61. The fraction of sp³-hybridized carbons (Fsp3) is 0.346. The van der Waals surface area contributed by atoms with Crippen LogP contribution in [0.1, 0.15) is 25.1 Å². The molecule has 39 heavy (non-hydrogen) atoms. The molecule has 0 saturated carbocycles. The second-order valence-electron chi connectivity index (χ2n) is 8.26. The molecule has 0 unspecified atom stereocenters. The van der Waals surface area contributed by atoms with Crippen LogP contribution in [-0.2, 0) is 22.5 Å². The van der Waals surface area contributed by atoms with Crippen LogP contribution in [0.4, 0.5) is 17.5 Å². The molecule has 3 aromatic rings.